The Hall–Kier alpha value is -1.88. The fourth-order valence-electron chi connectivity index (χ4n) is 1.77. The molecule has 2 rings (SSSR count). The number of carbonyl (C=O) groups excluding carboxylic acids is 2. The van der Waals surface area contributed by atoms with E-state index < -0.39 is 0 Å². The summed E-state index contributed by atoms with van der Waals surface area (Å²) in [5.41, 5.74) is 0.767. The van der Waals surface area contributed by atoms with Crippen molar-refractivity contribution < 1.29 is 9.59 Å². The Morgan fingerprint density at radius 3 is 2.42 bits per heavy atom. The van der Waals surface area contributed by atoms with E-state index in [4.69, 9.17) is 0 Å². The number of anilines is 1. The van der Waals surface area contributed by atoms with E-state index in [0.29, 0.717) is 6.04 Å². The van der Waals surface area contributed by atoms with Gasteiger partial charge in [-0.3, -0.25) is 14.5 Å². The van der Waals surface area contributed by atoms with Crippen molar-refractivity contribution in [3.63, 3.8) is 0 Å². The van der Waals surface area contributed by atoms with Crippen molar-refractivity contribution in [3.05, 3.63) is 30.3 Å². The van der Waals surface area contributed by atoms with Crippen LogP contribution < -0.4 is 10.6 Å². The van der Waals surface area contributed by atoms with Gasteiger partial charge in [-0.05, 0) is 32.0 Å². The van der Waals surface area contributed by atoms with E-state index in [9.17, 15) is 9.59 Å². The highest BCUT2D eigenvalue weighted by atomic mass is 16.2. The molecule has 0 spiro atoms. The van der Waals surface area contributed by atoms with Gasteiger partial charge < -0.3 is 10.6 Å². The molecule has 2 amide bonds. The highest BCUT2D eigenvalue weighted by molar-refractivity contribution is 5.92. The van der Waals surface area contributed by atoms with Gasteiger partial charge in [-0.15, -0.1) is 0 Å². The summed E-state index contributed by atoms with van der Waals surface area (Å²) in [7, 11) is 1.76. The Morgan fingerprint density at radius 1 is 1.16 bits per heavy atom. The predicted octanol–water partition coefficient (Wildman–Crippen LogP) is 0.835. The van der Waals surface area contributed by atoms with Crippen LogP contribution in [0.4, 0.5) is 5.69 Å². The van der Waals surface area contributed by atoms with E-state index >= 15 is 0 Å². The van der Waals surface area contributed by atoms with Crippen LogP contribution in [0.1, 0.15) is 12.8 Å². The number of benzene rings is 1. The van der Waals surface area contributed by atoms with E-state index in [2.05, 4.69) is 10.6 Å². The second-order valence-corrected chi connectivity index (χ2v) is 4.93. The first-order valence-corrected chi connectivity index (χ1v) is 6.46. The number of hydrogen-bond donors (Lipinski definition) is 2. The summed E-state index contributed by atoms with van der Waals surface area (Å²) in [4.78, 5) is 25.0. The van der Waals surface area contributed by atoms with Crippen LogP contribution in [0, 0.1) is 0 Å². The first kappa shape index (κ1) is 13.5. The SMILES string of the molecule is CN(CC(=O)Nc1ccccc1)CC(=O)NC1CC1. The van der Waals surface area contributed by atoms with Crippen LogP contribution in [0.25, 0.3) is 0 Å². The molecule has 0 radical (unpaired) electrons. The number of rotatable bonds is 6. The molecule has 0 saturated heterocycles. The Balaban J connectivity index is 1.70. The maximum Gasteiger partial charge on any atom is 0.238 e. The highest BCUT2D eigenvalue weighted by Crippen LogP contribution is 2.18. The number of amides is 2. The maximum absolute atomic E-state index is 11.8. The fraction of sp³-hybridized carbons (Fsp3) is 0.429. The summed E-state index contributed by atoms with van der Waals surface area (Å²) in [6.07, 6.45) is 2.15. The van der Waals surface area contributed by atoms with Crippen LogP contribution in [0.2, 0.25) is 0 Å². The Morgan fingerprint density at radius 2 is 1.79 bits per heavy atom. The third kappa shape index (κ3) is 5.09. The molecule has 0 unspecified atom stereocenters. The van der Waals surface area contributed by atoms with E-state index in [1.807, 2.05) is 30.3 Å². The summed E-state index contributed by atoms with van der Waals surface area (Å²) in [5, 5.41) is 5.68. The molecule has 0 aromatic heterocycles. The summed E-state index contributed by atoms with van der Waals surface area (Å²) >= 11 is 0. The molecule has 5 heteroatoms. The third-order valence-electron chi connectivity index (χ3n) is 2.83. The summed E-state index contributed by atoms with van der Waals surface area (Å²) in [6.45, 7) is 0.450. The van der Waals surface area contributed by atoms with E-state index in [-0.39, 0.29) is 24.9 Å². The molecule has 1 saturated carbocycles. The van der Waals surface area contributed by atoms with Crippen molar-refractivity contribution >= 4 is 17.5 Å². The van der Waals surface area contributed by atoms with Gasteiger partial charge in [0.2, 0.25) is 11.8 Å². The lowest BCUT2D eigenvalue weighted by Crippen LogP contribution is -2.39. The summed E-state index contributed by atoms with van der Waals surface area (Å²) in [5.74, 6) is -0.134. The number of nitrogens with one attached hydrogen (secondary N) is 2. The molecule has 0 heterocycles. The lowest BCUT2D eigenvalue weighted by molar-refractivity contribution is -0.123. The van der Waals surface area contributed by atoms with Crippen molar-refractivity contribution in [1.82, 2.24) is 10.2 Å². The third-order valence-corrected chi connectivity index (χ3v) is 2.83. The summed E-state index contributed by atoms with van der Waals surface area (Å²) in [6, 6.07) is 9.64. The van der Waals surface area contributed by atoms with Crippen molar-refractivity contribution in [2.75, 3.05) is 25.5 Å². The maximum atomic E-state index is 11.8. The molecule has 0 atom stereocenters. The van der Waals surface area contributed by atoms with Gasteiger partial charge in [0, 0.05) is 11.7 Å². The largest absolute Gasteiger partial charge is 0.352 e. The molecular formula is C14H19N3O2. The molecule has 5 nitrogen and oxygen atoms in total. The van der Waals surface area contributed by atoms with Gasteiger partial charge in [0.15, 0.2) is 0 Å². The van der Waals surface area contributed by atoms with Crippen LogP contribution >= 0.6 is 0 Å². The first-order chi connectivity index (χ1) is 9.13. The topological polar surface area (TPSA) is 61.4 Å². The number of carbonyl (C=O) groups is 2. The van der Waals surface area contributed by atoms with Gasteiger partial charge in [0.25, 0.3) is 0 Å². The normalized spacial score (nSPS) is 14.2. The molecule has 1 fully saturated rings. The molecule has 1 aromatic rings. The zero-order valence-electron chi connectivity index (χ0n) is 11.1. The van der Waals surface area contributed by atoms with Crippen molar-refractivity contribution in [3.8, 4) is 0 Å². The average Bonchev–Trinajstić information content (AvgIpc) is 3.13. The molecule has 0 bridgehead atoms. The minimum atomic E-state index is -0.118. The van der Waals surface area contributed by atoms with Crippen LogP contribution in [-0.2, 0) is 9.59 Å². The first-order valence-electron chi connectivity index (χ1n) is 6.46. The van der Waals surface area contributed by atoms with E-state index in [0.717, 1.165) is 18.5 Å². The number of hydrogen-bond acceptors (Lipinski definition) is 3. The monoisotopic (exact) mass is 261 g/mol. The van der Waals surface area contributed by atoms with Crippen LogP contribution in [0.15, 0.2) is 30.3 Å². The van der Waals surface area contributed by atoms with E-state index in [1.165, 1.54) is 0 Å². The molecule has 19 heavy (non-hydrogen) atoms. The Kier molecular flexibility index (Phi) is 4.52. The molecule has 1 aliphatic carbocycles. The molecular weight excluding hydrogens is 242 g/mol. The zero-order valence-corrected chi connectivity index (χ0v) is 11.1. The molecule has 1 aliphatic rings. The van der Waals surface area contributed by atoms with Gasteiger partial charge in [-0.2, -0.15) is 0 Å². The van der Waals surface area contributed by atoms with Crippen molar-refractivity contribution in [2.45, 2.75) is 18.9 Å². The lowest BCUT2D eigenvalue weighted by atomic mass is 10.3. The van der Waals surface area contributed by atoms with Crippen LogP contribution in [-0.4, -0.2) is 42.9 Å². The van der Waals surface area contributed by atoms with Gasteiger partial charge in [0.05, 0.1) is 13.1 Å². The minimum Gasteiger partial charge on any atom is -0.352 e. The Labute approximate surface area is 113 Å². The van der Waals surface area contributed by atoms with Gasteiger partial charge >= 0.3 is 0 Å². The molecule has 2 N–H and O–H groups in total. The highest BCUT2D eigenvalue weighted by Gasteiger charge is 2.23. The number of nitrogens with zero attached hydrogens (tertiary/aromatic N) is 1. The second kappa shape index (κ2) is 6.33. The average molecular weight is 261 g/mol. The standard InChI is InChI=1S/C14H19N3O2/c1-17(10-14(19)16-12-7-8-12)9-13(18)15-11-5-3-2-4-6-11/h2-6,12H,7-10H2,1H3,(H,15,18)(H,16,19). The zero-order chi connectivity index (χ0) is 13.7. The van der Waals surface area contributed by atoms with E-state index in [1.54, 1.807) is 11.9 Å². The molecule has 0 aliphatic heterocycles. The minimum absolute atomic E-state index is 0.0162. The summed E-state index contributed by atoms with van der Waals surface area (Å²) < 4.78 is 0. The number of para-hydroxylation sites is 1. The fourth-order valence-corrected chi connectivity index (χ4v) is 1.77. The lowest BCUT2D eigenvalue weighted by Gasteiger charge is -2.15. The Bertz CT molecular complexity index is 443. The van der Waals surface area contributed by atoms with Gasteiger partial charge in [-0.1, -0.05) is 18.2 Å². The quantitative estimate of drug-likeness (QED) is 0.797. The smallest absolute Gasteiger partial charge is 0.238 e. The predicted molar refractivity (Wildman–Crippen MR) is 73.7 cm³/mol. The van der Waals surface area contributed by atoms with Gasteiger partial charge in [-0.25, -0.2) is 0 Å². The van der Waals surface area contributed by atoms with Crippen LogP contribution in [0.5, 0.6) is 0 Å². The number of likely N-dealkylation sites (N-methyl/N-ethyl adjacent to an activating group) is 1. The van der Waals surface area contributed by atoms with Crippen LogP contribution in [0.3, 0.4) is 0 Å². The van der Waals surface area contributed by atoms with Crippen molar-refractivity contribution in [1.29, 1.82) is 0 Å². The molecule has 102 valence electrons. The van der Waals surface area contributed by atoms with Gasteiger partial charge in [0.1, 0.15) is 0 Å². The van der Waals surface area contributed by atoms with Crippen molar-refractivity contribution in [2.24, 2.45) is 0 Å². The second-order valence-electron chi connectivity index (χ2n) is 4.93. The molecule has 1 aromatic carbocycles.